The summed E-state index contributed by atoms with van der Waals surface area (Å²) in [4.78, 5) is 15.5. The Morgan fingerprint density at radius 2 is 2.05 bits per heavy atom. The Bertz CT molecular complexity index is 644. The van der Waals surface area contributed by atoms with Crippen molar-refractivity contribution in [3.8, 4) is 0 Å². The van der Waals surface area contributed by atoms with Crippen LogP contribution in [0.15, 0.2) is 42.6 Å². The first kappa shape index (κ1) is 15.3. The molecular weight excluding hydrogens is 288 g/mol. The van der Waals surface area contributed by atoms with E-state index in [2.05, 4.69) is 10.3 Å². The zero-order valence-corrected chi connectivity index (χ0v) is 12.1. The van der Waals surface area contributed by atoms with Crippen LogP contribution in [-0.2, 0) is 0 Å². The van der Waals surface area contributed by atoms with Crippen molar-refractivity contribution in [2.45, 2.75) is 18.4 Å². The third-order valence-corrected chi connectivity index (χ3v) is 3.47. The number of anilines is 2. The van der Waals surface area contributed by atoms with Crippen LogP contribution >= 0.6 is 12.4 Å². The monoisotopic (exact) mass is 304 g/mol. The van der Waals surface area contributed by atoms with E-state index < -0.39 is 5.91 Å². The lowest BCUT2D eigenvalue weighted by atomic mass is 10.2. The molecule has 0 bridgehead atoms. The maximum atomic E-state index is 11.1. The molecule has 1 aliphatic carbocycles. The number of benzene rings is 1. The van der Waals surface area contributed by atoms with Gasteiger partial charge in [0.2, 0.25) is 5.91 Å². The molecule has 21 heavy (non-hydrogen) atoms. The van der Waals surface area contributed by atoms with Crippen LogP contribution in [0.4, 0.5) is 11.5 Å². The number of nitrogens with zero attached hydrogens (tertiary/aromatic N) is 1. The minimum Gasteiger partial charge on any atom is -0.366 e. The molecule has 1 fully saturated rings. The van der Waals surface area contributed by atoms with Gasteiger partial charge in [-0.15, -0.1) is 12.4 Å². The van der Waals surface area contributed by atoms with Crippen LogP contribution < -0.4 is 16.8 Å². The van der Waals surface area contributed by atoms with E-state index in [0.29, 0.717) is 11.5 Å². The average Bonchev–Trinajstić information content (AvgIpc) is 3.17. The lowest BCUT2D eigenvalue weighted by Gasteiger charge is -2.07. The van der Waals surface area contributed by atoms with Crippen molar-refractivity contribution < 1.29 is 4.79 Å². The number of hydrogen-bond acceptors (Lipinski definition) is 4. The standard InChI is InChI=1S/C15H16N4O.ClH/c16-13-7-12(13)10-4-5-14(18-8-10)19-11-3-1-2-9(6-11)15(17)20;/h1-6,8,12-13H,7,16H2,(H2,17,20)(H,18,19);1H/t12-,13+;/m0./s1. The van der Waals surface area contributed by atoms with E-state index in [1.807, 2.05) is 24.4 Å². The summed E-state index contributed by atoms with van der Waals surface area (Å²) in [6.07, 6.45) is 2.88. The molecule has 1 aromatic heterocycles. The number of primary amides is 1. The molecule has 1 aromatic carbocycles. The number of hydrogen-bond donors (Lipinski definition) is 3. The predicted octanol–water partition coefficient (Wildman–Crippen LogP) is 2.16. The van der Waals surface area contributed by atoms with Crippen molar-refractivity contribution >= 4 is 29.8 Å². The van der Waals surface area contributed by atoms with E-state index in [1.54, 1.807) is 18.2 Å². The van der Waals surface area contributed by atoms with Crippen molar-refractivity contribution in [2.75, 3.05) is 5.32 Å². The van der Waals surface area contributed by atoms with Crippen LogP contribution in [0.1, 0.15) is 28.3 Å². The van der Waals surface area contributed by atoms with Gasteiger partial charge in [0.25, 0.3) is 0 Å². The molecule has 5 nitrogen and oxygen atoms in total. The molecule has 2 atom stereocenters. The Balaban J connectivity index is 0.00000161. The largest absolute Gasteiger partial charge is 0.366 e. The molecule has 0 spiro atoms. The Kier molecular flexibility index (Phi) is 4.45. The van der Waals surface area contributed by atoms with E-state index >= 15 is 0 Å². The average molecular weight is 305 g/mol. The van der Waals surface area contributed by atoms with Crippen molar-refractivity contribution in [3.63, 3.8) is 0 Å². The SMILES string of the molecule is Cl.NC(=O)c1cccc(Nc2ccc([C@@H]3C[C@H]3N)cn2)c1. The highest BCUT2D eigenvalue weighted by Crippen LogP contribution is 2.38. The first-order valence-corrected chi connectivity index (χ1v) is 6.52. The molecule has 6 heteroatoms. The number of carbonyl (C=O) groups excluding carboxylic acids is 1. The fourth-order valence-corrected chi connectivity index (χ4v) is 2.19. The highest BCUT2D eigenvalue weighted by Gasteiger charge is 2.34. The number of pyridine rings is 1. The zero-order chi connectivity index (χ0) is 14.1. The van der Waals surface area contributed by atoms with Gasteiger partial charge >= 0.3 is 0 Å². The fraction of sp³-hybridized carbons (Fsp3) is 0.200. The maximum Gasteiger partial charge on any atom is 0.248 e. The minimum atomic E-state index is -0.445. The Labute approximate surface area is 129 Å². The van der Waals surface area contributed by atoms with Crippen LogP contribution in [0, 0.1) is 0 Å². The van der Waals surface area contributed by atoms with E-state index in [9.17, 15) is 4.79 Å². The third kappa shape index (κ3) is 3.51. The number of rotatable bonds is 4. The highest BCUT2D eigenvalue weighted by atomic mass is 35.5. The van der Waals surface area contributed by atoms with Crippen molar-refractivity contribution in [3.05, 3.63) is 53.7 Å². The molecule has 3 rings (SSSR count). The highest BCUT2D eigenvalue weighted by molar-refractivity contribution is 5.93. The molecule has 0 unspecified atom stereocenters. The number of carbonyl (C=O) groups is 1. The van der Waals surface area contributed by atoms with Gasteiger partial charge in [-0.1, -0.05) is 12.1 Å². The second kappa shape index (κ2) is 6.11. The van der Waals surface area contributed by atoms with Gasteiger partial charge in [0, 0.05) is 29.4 Å². The summed E-state index contributed by atoms with van der Waals surface area (Å²) in [5.41, 5.74) is 13.5. The summed E-state index contributed by atoms with van der Waals surface area (Å²) in [6, 6.07) is 11.2. The first-order chi connectivity index (χ1) is 9.63. The molecular formula is C15H17ClN4O. The molecule has 2 aromatic rings. The zero-order valence-electron chi connectivity index (χ0n) is 11.3. The maximum absolute atomic E-state index is 11.1. The molecule has 1 saturated carbocycles. The molecule has 1 aliphatic rings. The van der Waals surface area contributed by atoms with Crippen LogP contribution in [0.2, 0.25) is 0 Å². The van der Waals surface area contributed by atoms with Gasteiger partial charge in [-0.2, -0.15) is 0 Å². The van der Waals surface area contributed by atoms with Crippen molar-refractivity contribution in [1.82, 2.24) is 4.98 Å². The quantitative estimate of drug-likeness (QED) is 0.807. The van der Waals surface area contributed by atoms with Crippen LogP contribution in [-0.4, -0.2) is 16.9 Å². The van der Waals surface area contributed by atoms with Gasteiger partial charge in [0.1, 0.15) is 5.82 Å². The van der Waals surface area contributed by atoms with E-state index in [4.69, 9.17) is 11.5 Å². The molecule has 110 valence electrons. The normalized spacial score (nSPS) is 19.5. The number of aromatic nitrogens is 1. The number of halogens is 1. The van der Waals surface area contributed by atoms with Crippen LogP contribution in [0.5, 0.6) is 0 Å². The van der Waals surface area contributed by atoms with Gasteiger partial charge in [-0.25, -0.2) is 4.98 Å². The molecule has 1 heterocycles. The summed E-state index contributed by atoms with van der Waals surface area (Å²) < 4.78 is 0. The fourth-order valence-electron chi connectivity index (χ4n) is 2.19. The Hall–Kier alpha value is -2.11. The van der Waals surface area contributed by atoms with Gasteiger partial charge < -0.3 is 16.8 Å². The lowest BCUT2D eigenvalue weighted by molar-refractivity contribution is 0.100. The molecule has 0 saturated heterocycles. The smallest absolute Gasteiger partial charge is 0.248 e. The topological polar surface area (TPSA) is 94.0 Å². The number of nitrogens with one attached hydrogen (secondary N) is 1. The first-order valence-electron chi connectivity index (χ1n) is 6.52. The van der Waals surface area contributed by atoms with Crippen LogP contribution in [0.3, 0.4) is 0 Å². The molecule has 0 radical (unpaired) electrons. The summed E-state index contributed by atoms with van der Waals surface area (Å²) in [5, 5.41) is 3.15. The second-order valence-corrected chi connectivity index (χ2v) is 5.05. The summed E-state index contributed by atoms with van der Waals surface area (Å²) >= 11 is 0. The van der Waals surface area contributed by atoms with Gasteiger partial charge in [0.15, 0.2) is 0 Å². The summed E-state index contributed by atoms with van der Waals surface area (Å²) in [7, 11) is 0. The van der Waals surface area contributed by atoms with E-state index in [-0.39, 0.29) is 18.4 Å². The lowest BCUT2D eigenvalue weighted by Crippen LogP contribution is -2.10. The van der Waals surface area contributed by atoms with Gasteiger partial charge in [-0.05, 0) is 36.2 Å². The van der Waals surface area contributed by atoms with E-state index in [1.165, 1.54) is 5.56 Å². The van der Waals surface area contributed by atoms with Gasteiger partial charge in [-0.3, -0.25) is 4.79 Å². The molecule has 1 amide bonds. The van der Waals surface area contributed by atoms with Gasteiger partial charge in [0.05, 0.1) is 0 Å². The number of amides is 1. The second-order valence-electron chi connectivity index (χ2n) is 5.05. The Morgan fingerprint density at radius 1 is 1.29 bits per heavy atom. The van der Waals surface area contributed by atoms with E-state index in [0.717, 1.165) is 17.9 Å². The summed E-state index contributed by atoms with van der Waals surface area (Å²) in [5.74, 6) is 0.735. The third-order valence-electron chi connectivity index (χ3n) is 3.47. The summed E-state index contributed by atoms with van der Waals surface area (Å²) in [6.45, 7) is 0. The van der Waals surface area contributed by atoms with Crippen LogP contribution in [0.25, 0.3) is 0 Å². The molecule has 0 aliphatic heterocycles. The van der Waals surface area contributed by atoms with Crippen molar-refractivity contribution in [1.29, 1.82) is 0 Å². The Morgan fingerprint density at radius 3 is 2.62 bits per heavy atom. The minimum absolute atomic E-state index is 0. The van der Waals surface area contributed by atoms with Crippen molar-refractivity contribution in [2.24, 2.45) is 11.5 Å². The molecule has 5 N–H and O–H groups in total. The predicted molar refractivity (Wildman–Crippen MR) is 85.1 cm³/mol. The number of nitrogens with two attached hydrogens (primary N) is 2.